The Kier molecular flexibility index (Phi) is 4.49. The van der Waals surface area contributed by atoms with Crippen molar-refractivity contribution in [1.82, 2.24) is 0 Å². The number of halogens is 2. The van der Waals surface area contributed by atoms with Crippen molar-refractivity contribution in [3.63, 3.8) is 0 Å². The first kappa shape index (κ1) is 13.8. The minimum atomic E-state index is -2.96. The molecule has 0 spiro atoms. The van der Waals surface area contributed by atoms with Gasteiger partial charge < -0.3 is 4.74 Å². The van der Waals surface area contributed by atoms with Crippen molar-refractivity contribution in [3.8, 4) is 6.07 Å². The fraction of sp³-hybridized carbons (Fsp3) is 0.250. The molecule has 0 N–H and O–H groups in total. The summed E-state index contributed by atoms with van der Waals surface area (Å²) in [4.78, 5) is 22.2. The first-order chi connectivity index (χ1) is 8.54. The molecule has 1 rings (SSSR count). The fourth-order valence-electron chi connectivity index (χ4n) is 1.44. The Morgan fingerprint density at radius 1 is 1.56 bits per heavy atom. The summed E-state index contributed by atoms with van der Waals surface area (Å²) in [5, 5.41) is 8.77. The van der Waals surface area contributed by atoms with E-state index in [9.17, 15) is 18.4 Å². The number of aldehydes is 1. The molecule has 94 valence electrons. The Labute approximate surface area is 102 Å². The van der Waals surface area contributed by atoms with Gasteiger partial charge in [0.2, 0.25) is 0 Å². The minimum Gasteiger partial charge on any atom is -0.462 e. The van der Waals surface area contributed by atoms with Crippen LogP contribution < -0.4 is 0 Å². The molecular weight excluding hydrogens is 244 g/mol. The van der Waals surface area contributed by atoms with Crippen molar-refractivity contribution in [2.75, 3.05) is 6.61 Å². The molecule has 4 nitrogen and oxygen atoms in total. The smallest absolute Gasteiger partial charge is 0.338 e. The van der Waals surface area contributed by atoms with E-state index in [0.29, 0.717) is 0 Å². The Bertz CT molecular complexity index is 521. The number of carbonyl (C=O) groups is 2. The number of hydrogen-bond acceptors (Lipinski definition) is 4. The van der Waals surface area contributed by atoms with Crippen molar-refractivity contribution >= 4 is 12.3 Å². The van der Waals surface area contributed by atoms with Crippen LogP contribution >= 0.6 is 0 Å². The summed E-state index contributed by atoms with van der Waals surface area (Å²) < 4.78 is 30.1. The molecule has 0 amide bonds. The van der Waals surface area contributed by atoms with Gasteiger partial charge in [-0.05, 0) is 19.1 Å². The second-order valence-electron chi connectivity index (χ2n) is 3.28. The van der Waals surface area contributed by atoms with Crippen molar-refractivity contribution in [2.45, 2.75) is 13.3 Å². The van der Waals surface area contributed by atoms with E-state index in [0.717, 1.165) is 12.1 Å². The predicted molar refractivity (Wildman–Crippen MR) is 57.5 cm³/mol. The number of alkyl halides is 2. The van der Waals surface area contributed by atoms with Crippen LogP contribution in [0.4, 0.5) is 8.78 Å². The van der Waals surface area contributed by atoms with E-state index < -0.39 is 23.5 Å². The van der Waals surface area contributed by atoms with Crippen LogP contribution in [0.15, 0.2) is 12.1 Å². The molecule has 0 heterocycles. The van der Waals surface area contributed by atoms with E-state index >= 15 is 0 Å². The van der Waals surface area contributed by atoms with Crippen LogP contribution in [0, 0.1) is 11.3 Å². The highest BCUT2D eigenvalue weighted by Crippen LogP contribution is 2.27. The van der Waals surface area contributed by atoms with Gasteiger partial charge in [-0.15, -0.1) is 0 Å². The van der Waals surface area contributed by atoms with E-state index in [4.69, 9.17) is 5.26 Å². The van der Waals surface area contributed by atoms with Crippen molar-refractivity contribution in [2.24, 2.45) is 0 Å². The Hall–Kier alpha value is -2.29. The lowest BCUT2D eigenvalue weighted by Gasteiger charge is -2.09. The van der Waals surface area contributed by atoms with Gasteiger partial charge in [-0.2, -0.15) is 5.26 Å². The van der Waals surface area contributed by atoms with Crippen molar-refractivity contribution in [3.05, 3.63) is 34.4 Å². The second-order valence-corrected chi connectivity index (χ2v) is 3.28. The summed E-state index contributed by atoms with van der Waals surface area (Å²) in [6.45, 7) is 1.69. The lowest BCUT2D eigenvalue weighted by molar-refractivity contribution is 0.0526. The predicted octanol–water partition coefficient (Wildman–Crippen LogP) is 2.49. The van der Waals surface area contributed by atoms with Crippen molar-refractivity contribution < 1.29 is 23.1 Å². The number of benzene rings is 1. The number of rotatable bonds is 4. The maximum Gasteiger partial charge on any atom is 0.338 e. The normalized spacial score (nSPS) is 9.94. The van der Waals surface area contributed by atoms with Gasteiger partial charge in [-0.25, -0.2) is 13.6 Å². The Morgan fingerprint density at radius 2 is 2.22 bits per heavy atom. The molecule has 0 aliphatic heterocycles. The number of ether oxygens (including phenoxy) is 1. The summed E-state index contributed by atoms with van der Waals surface area (Å²) in [6.07, 6.45) is -2.78. The molecule has 0 fully saturated rings. The first-order valence-electron chi connectivity index (χ1n) is 5.03. The van der Waals surface area contributed by atoms with Crippen LogP contribution in [-0.4, -0.2) is 18.9 Å². The van der Waals surface area contributed by atoms with Gasteiger partial charge in [0.25, 0.3) is 6.43 Å². The molecule has 6 heteroatoms. The summed E-state index contributed by atoms with van der Waals surface area (Å²) in [6, 6.07) is 3.53. The SMILES string of the molecule is CCOC(=O)c1cc(C#N)c(C(F)F)c(C=O)c1. The molecule has 0 saturated heterocycles. The van der Waals surface area contributed by atoms with Gasteiger partial charge >= 0.3 is 5.97 Å². The molecule has 0 atom stereocenters. The molecule has 1 aromatic carbocycles. The summed E-state index contributed by atoms with van der Waals surface area (Å²) >= 11 is 0. The van der Waals surface area contributed by atoms with E-state index in [1.54, 1.807) is 13.0 Å². The van der Waals surface area contributed by atoms with Gasteiger partial charge in [0.1, 0.15) is 0 Å². The highest BCUT2D eigenvalue weighted by Gasteiger charge is 2.21. The van der Waals surface area contributed by atoms with Gasteiger partial charge in [-0.1, -0.05) is 0 Å². The maximum absolute atomic E-state index is 12.7. The van der Waals surface area contributed by atoms with E-state index in [2.05, 4.69) is 4.74 Å². The monoisotopic (exact) mass is 253 g/mol. The van der Waals surface area contributed by atoms with Crippen LogP contribution in [0.5, 0.6) is 0 Å². The number of nitrogens with zero attached hydrogens (tertiary/aromatic N) is 1. The zero-order valence-corrected chi connectivity index (χ0v) is 9.44. The third-order valence-electron chi connectivity index (χ3n) is 2.19. The molecule has 0 unspecified atom stereocenters. The summed E-state index contributed by atoms with van der Waals surface area (Å²) in [5.74, 6) is -0.766. The van der Waals surface area contributed by atoms with Gasteiger partial charge in [0.15, 0.2) is 6.29 Å². The van der Waals surface area contributed by atoms with Crippen LogP contribution in [0.3, 0.4) is 0 Å². The zero-order chi connectivity index (χ0) is 13.7. The highest BCUT2D eigenvalue weighted by molar-refractivity contribution is 5.93. The molecule has 0 aromatic heterocycles. The Balaban J connectivity index is 3.41. The summed E-state index contributed by atoms with van der Waals surface area (Å²) in [7, 11) is 0. The third kappa shape index (κ3) is 2.69. The van der Waals surface area contributed by atoms with Crippen LogP contribution in [0.1, 0.15) is 45.2 Å². The van der Waals surface area contributed by atoms with Gasteiger partial charge in [-0.3, -0.25) is 4.79 Å². The average molecular weight is 253 g/mol. The van der Waals surface area contributed by atoms with Crippen LogP contribution in [0.25, 0.3) is 0 Å². The van der Waals surface area contributed by atoms with Gasteiger partial charge in [0, 0.05) is 11.1 Å². The quantitative estimate of drug-likeness (QED) is 0.610. The zero-order valence-electron chi connectivity index (χ0n) is 9.44. The number of carbonyl (C=O) groups excluding carboxylic acids is 2. The fourth-order valence-corrected chi connectivity index (χ4v) is 1.44. The lowest BCUT2D eigenvalue weighted by Crippen LogP contribution is -2.08. The molecule has 0 saturated carbocycles. The van der Waals surface area contributed by atoms with Crippen LogP contribution in [0.2, 0.25) is 0 Å². The number of esters is 1. The average Bonchev–Trinajstić information content (AvgIpc) is 2.36. The highest BCUT2D eigenvalue weighted by atomic mass is 19.3. The first-order valence-corrected chi connectivity index (χ1v) is 5.03. The summed E-state index contributed by atoms with van der Waals surface area (Å²) in [5.41, 5.74) is -1.55. The standard InChI is InChI=1S/C12H9F2NO3/c1-2-18-12(17)7-3-8(5-15)10(11(13)14)9(4-7)6-16/h3-4,6,11H,2H2,1H3. The number of nitriles is 1. The van der Waals surface area contributed by atoms with Crippen molar-refractivity contribution in [1.29, 1.82) is 5.26 Å². The van der Waals surface area contributed by atoms with E-state index in [-0.39, 0.29) is 24.0 Å². The van der Waals surface area contributed by atoms with Crippen LogP contribution in [-0.2, 0) is 4.74 Å². The molecule has 18 heavy (non-hydrogen) atoms. The molecule has 0 bridgehead atoms. The largest absolute Gasteiger partial charge is 0.462 e. The molecule has 0 radical (unpaired) electrons. The second kappa shape index (κ2) is 5.87. The minimum absolute atomic E-state index is 0.0973. The Morgan fingerprint density at radius 3 is 2.67 bits per heavy atom. The maximum atomic E-state index is 12.7. The van der Waals surface area contributed by atoms with Gasteiger partial charge in [0.05, 0.1) is 23.8 Å². The third-order valence-corrected chi connectivity index (χ3v) is 2.19. The molecular formula is C12H9F2NO3. The lowest BCUT2D eigenvalue weighted by atomic mass is 9.99. The molecule has 0 aliphatic rings. The molecule has 1 aromatic rings. The molecule has 0 aliphatic carbocycles. The van der Waals surface area contributed by atoms with E-state index in [1.165, 1.54) is 0 Å². The number of hydrogen-bond donors (Lipinski definition) is 0. The van der Waals surface area contributed by atoms with E-state index in [1.807, 2.05) is 0 Å². The topological polar surface area (TPSA) is 67.2 Å².